The highest BCUT2D eigenvalue weighted by atomic mass is 14.9. The first-order chi connectivity index (χ1) is 6.27. The van der Waals surface area contributed by atoms with Crippen molar-refractivity contribution in [2.75, 3.05) is 11.1 Å². The van der Waals surface area contributed by atoms with Crippen LogP contribution in [0.2, 0.25) is 0 Å². The van der Waals surface area contributed by atoms with Crippen molar-refractivity contribution >= 4 is 11.4 Å². The molecule has 0 unspecified atom stereocenters. The lowest BCUT2D eigenvalue weighted by Crippen LogP contribution is -2.27. The predicted octanol–water partition coefficient (Wildman–Crippen LogP) is 2.54. The molecule has 0 aromatic heterocycles. The Hall–Kier alpha value is -1.18. The van der Waals surface area contributed by atoms with Gasteiger partial charge in [-0.25, -0.2) is 0 Å². The van der Waals surface area contributed by atoms with Crippen LogP contribution in [0, 0.1) is 6.92 Å². The number of nitrogens with one attached hydrogen (secondary N) is 1. The minimum absolute atomic E-state index is 0.657. The van der Waals surface area contributed by atoms with Crippen molar-refractivity contribution in [2.24, 2.45) is 0 Å². The topological polar surface area (TPSA) is 38.0 Å². The number of nitrogens with two attached hydrogens (primary N) is 1. The van der Waals surface area contributed by atoms with E-state index in [0.717, 1.165) is 16.9 Å². The van der Waals surface area contributed by atoms with Gasteiger partial charge in [0.15, 0.2) is 0 Å². The molecule has 0 atom stereocenters. The molecule has 2 nitrogen and oxygen atoms in total. The van der Waals surface area contributed by atoms with Gasteiger partial charge in [0.25, 0.3) is 0 Å². The van der Waals surface area contributed by atoms with E-state index in [1.807, 2.05) is 19.1 Å². The summed E-state index contributed by atoms with van der Waals surface area (Å²) in [6, 6.07) is 6.80. The third-order valence-corrected chi connectivity index (χ3v) is 2.79. The van der Waals surface area contributed by atoms with Crippen molar-refractivity contribution in [1.29, 1.82) is 0 Å². The van der Waals surface area contributed by atoms with Crippen LogP contribution in [0.1, 0.15) is 24.8 Å². The lowest BCUT2D eigenvalue weighted by molar-refractivity contribution is 0.446. The molecule has 2 heteroatoms. The van der Waals surface area contributed by atoms with Crippen molar-refractivity contribution in [3.05, 3.63) is 23.8 Å². The summed E-state index contributed by atoms with van der Waals surface area (Å²) < 4.78 is 0. The van der Waals surface area contributed by atoms with Crippen LogP contribution in [0.5, 0.6) is 0 Å². The van der Waals surface area contributed by atoms with E-state index in [2.05, 4.69) is 11.4 Å². The third kappa shape index (κ3) is 1.62. The zero-order valence-electron chi connectivity index (χ0n) is 8.01. The highest BCUT2D eigenvalue weighted by molar-refractivity contribution is 5.69. The molecule has 0 spiro atoms. The fourth-order valence-electron chi connectivity index (χ4n) is 1.58. The van der Waals surface area contributed by atoms with Gasteiger partial charge in [-0.2, -0.15) is 0 Å². The molecule has 1 saturated carbocycles. The average molecular weight is 176 g/mol. The quantitative estimate of drug-likeness (QED) is 0.679. The number of hydrogen-bond donors (Lipinski definition) is 2. The Kier molecular flexibility index (Phi) is 2.13. The molecule has 3 N–H and O–H groups in total. The molecule has 1 aliphatic rings. The second kappa shape index (κ2) is 3.29. The average Bonchev–Trinajstić information content (AvgIpc) is 2.04. The Morgan fingerprint density at radius 1 is 1.38 bits per heavy atom. The minimum Gasteiger partial charge on any atom is -0.397 e. The van der Waals surface area contributed by atoms with Crippen molar-refractivity contribution in [1.82, 2.24) is 0 Å². The molecule has 1 aromatic rings. The fraction of sp³-hybridized carbons (Fsp3) is 0.455. The van der Waals surface area contributed by atoms with Crippen LogP contribution >= 0.6 is 0 Å². The van der Waals surface area contributed by atoms with Gasteiger partial charge in [-0.3, -0.25) is 0 Å². The van der Waals surface area contributed by atoms with Crippen molar-refractivity contribution in [2.45, 2.75) is 32.2 Å². The summed E-state index contributed by atoms with van der Waals surface area (Å²) in [6.07, 6.45) is 3.92. The van der Waals surface area contributed by atoms with Gasteiger partial charge in [0.2, 0.25) is 0 Å². The van der Waals surface area contributed by atoms with Crippen molar-refractivity contribution in [3.8, 4) is 0 Å². The van der Waals surface area contributed by atoms with Crippen molar-refractivity contribution < 1.29 is 0 Å². The molecule has 0 bridgehead atoms. The summed E-state index contributed by atoms with van der Waals surface area (Å²) in [4.78, 5) is 0. The number of nitrogen functional groups attached to an aromatic ring is 1. The molecular formula is C11H16N2. The molecule has 0 heterocycles. The third-order valence-electron chi connectivity index (χ3n) is 2.79. The van der Waals surface area contributed by atoms with Crippen LogP contribution in [0.4, 0.5) is 11.4 Å². The van der Waals surface area contributed by atoms with Gasteiger partial charge in [0.05, 0.1) is 11.4 Å². The molecular weight excluding hydrogens is 160 g/mol. The molecule has 1 fully saturated rings. The first-order valence-corrected chi connectivity index (χ1v) is 4.89. The maximum atomic E-state index is 5.95. The Bertz CT molecular complexity index is 303. The Labute approximate surface area is 79.1 Å². The van der Waals surface area contributed by atoms with Gasteiger partial charge in [0.1, 0.15) is 0 Å². The van der Waals surface area contributed by atoms with E-state index in [1.54, 1.807) is 0 Å². The largest absolute Gasteiger partial charge is 0.397 e. The van der Waals surface area contributed by atoms with Crippen molar-refractivity contribution in [3.63, 3.8) is 0 Å². The van der Waals surface area contributed by atoms with E-state index in [4.69, 9.17) is 5.73 Å². The van der Waals surface area contributed by atoms with E-state index in [9.17, 15) is 0 Å². The summed E-state index contributed by atoms with van der Waals surface area (Å²) in [5.41, 5.74) is 9.10. The molecule has 70 valence electrons. The first kappa shape index (κ1) is 8.42. The van der Waals surface area contributed by atoms with Crippen LogP contribution in [-0.4, -0.2) is 6.04 Å². The van der Waals surface area contributed by atoms with Gasteiger partial charge < -0.3 is 11.1 Å². The van der Waals surface area contributed by atoms with Crippen LogP contribution in [0.3, 0.4) is 0 Å². The van der Waals surface area contributed by atoms with E-state index >= 15 is 0 Å². The van der Waals surface area contributed by atoms with E-state index < -0.39 is 0 Å². The van der Waals surface area contributed by atoms with Gasteiger partial charge in [-0.1, -0.05) is 12.1 Å². The molecule has 13 heavy (non-hydrogen) atoms. The number of para-hydroxylation sites is 1. The van der Waals surface area contributed by atoms with Crippen LogP contribution in [-0.2, 0) is 0 Å². The van der Waals surface area contributed by atoms with Gasteiger partial charge in [0, 0.05) is 6.04 Å². The minimum atomic E-state index is 0.657. The van der Waals surface area contributed by atoms with Crippen LogP contribution in [0.15, 0.2) is 18.2 Å². The lowest BCUT2D eigenvalue weighted by Gasteiger charge is -2.28. The molecule has 1 aliphatic carbocycles. The Morgan fingerprint density at radius 3 is 2.77 bits per heavy atom. The highest BCUT2D eigenvalue weighted by Gasteiger charge is 2.17. The van der Waals surface area contributed by atoms with E-state index in [-0.39, 0.29) is 0 Å². The predicted molar refractivity (Wildman–Crippen MR) is 56.9 cm³/mol. The smallest absolute Gasteiger partial charge is 0.0579 e. The highest BCUT2D eigenvalue weighted by Crippen LogP contribution is 2.27. The SMILES string of the molecule is Cc1cccc(NC2CCC2)c1N. The number of benzene rings is 1. The number of rotatable bonds is 2. The second-order valence-electron chi connectivity index (χ2n) is 3.81. The Morgan fingerprint density at radius 2 is 2.15 bits per heavy atom. The molecule has 0 aliphatic heterocycles. The fourth-order valence-corrected chi connectivity index (χ4v) is 1.58. The standard InChI is InChI=1S/C11H16N2/c1-8-4-2-7-10(11(8)12)13-9-5-3-6-9/h2,4,7,9,13H,3,5-6,12H2,1H3. The molecule has 2 rings (SSSR count). The maximum absolute atomic E-state index is 5.95. The monoisotopic (exact) mass is 176 g/mol. The van der Waals surface area contributed by atoms with Crippen LogP contribution < -0.4 is 11.1 Å². The second-order valence-corrected chi connectivity index (χ2v) is 3.81. The summed E-state index contributed by atoms with van der Waals surface area (Å²) in [5.74, 6) is 0. The van der Waals surface area contributed by atoms with E-state index in [0.29, 0.717) is 6.04 Å². The summed E-state index contributed by atoms with van der Waals surface area (Å²) in [6.45, 7) is 2.04. The molecule has 0 radical (unpaired) electrons. The lowest BCUT2D eigenvalue weighted by atomic mass is 9.93. The summed E-state index contributed by atoms with van der Waals surface area (Å²) >= 11 is 0. The number of aryl methyl sites for hydroxylation is 1. The summed E-state index contributed by atoms with van der Waals surface area (Å²) in [5, 5.41) is 3.46. The Balaban J connectivity index is 2.14. The molecule has 1 aromatic carbocycles. The maximum Gasteiger partial charge on any atom is 0.0579 e. The van der Waals surface area contributed by atoms with E-state index in [1.165, 1.54) is 19.3 Å². The van der Waals surface area contributed by atoms with Gasteiger partial charge >= 0.3 is 0 Å². The summed E-state index contributed by atoms with van der Waals surface area (Å²) in [7, 11) is 0. The zero-order chi connectivity index (χ0) is 9.26. The molecule has 0 amide bonds. The zero-order valence-corrected chi connectivity index (χ0v) is 8.01. The number of anilines is 2. The normalized spacial score (nSPS) is 16.7. The number of hydrogen-bond acceptors (Lipinski definition) is 2. The molecule has 0 saturated heterocycles. The van der Waals surface area contributed by atoms with Crippen LogP contribution in [0.25, 0.3) is 0 Å². The van der Waals surface area contributed by atoms with Gasteiger partial charge in [-0.05, 0) is 37.8 Å². The first-order valence-electron chi connectivity index (χ1n) is 4.89. The van der Waals surface area contributed by atoms with Gasteiger partial charge in [-0.15, -0.1) is 0 Å².